The van der Waals surface area contributed by atoms with Gasteiger partial charge in [-0.2, -0.15) is 5.26 Å². The molecular formula is C14H16N2O. The summed E-state index contributed by atoms with van der Waals surface area (Å²) < 4.78 is 5.92. The Morgan fingerprint density at radius 1 is 1.41 bits per heavy atom. The van der Waals surface area contributed by atoms with Gasteiger partial charge in [-0.1, -0.05) is 6.07 Å². The number of rotatable bonds is 1. The molecule has 1 N–H and O–H groups in total. The van der Waals surface area contributed by atoms with Crippen LogP contribution in [-0.2, 0) is 11.2 Å². The predicted octanol–water partition coefficient (Wildman–Crippen LogP) is 1.92. The summed E-state index contributed by atoms with van der Waals surface area (Å²) in [5.41, 5.74) is 3.31. The molecule has 1 saturated heterocycles. The molecule has 0 radical (unpaired) electrons. The molecule has 0 aliphatic carbocycles. The van der Waals surface area contributed by atoms with Crippen molar-refractivity contribution in [1.82, 2.24) is 5.32 Å². The van der Waals surface area contributed by atoms with Crippen LogP contribution >= 0.6 is 0 Å². The fourth-order valence-electron chi connectivity index (χ4n) is 2.86. The molecular weight excluding hydrogens is 212 g/mol. The van der Waals surface area contributed by atoms with E-state index in [9.17, 15) is 0 Å². The van der Waals surface area contributed by atoms with Gasteiger partial charge in [-0.3, -0.25) is 0 Å². The second-order valence-corrected chi connectivity index (χ2v) is 4.77. The van der Waals surface area contributed by atoms with Gasteiger partial charge in [0.1, 0.15) is 0 Å². The second kappa shape index (κ2) is 4.48. The van der Waals surface area contributed by atoms with Gasteiger partial charge in [0, 0.05) is 6.04 Å². The van der Waals surface area contributed by atoms with Crippen molar-refractivity contribution in [2.75, 3.05) is 13.2 Å². The number of nitrogens with zero attached hydrogens (tertiary/aromatic N) is 1. The fourth-order valence-corrected chi connectivity index (χ4v) is 2.86. The average molecular weight is 228 g/mol. The third kappa shape index (κ3) is 1.95. The van der Waals surface area contributed by atoms with E-state index in [0.717, 1.165) is 25.1 Å². The molecule has 0 spiro atoms. The van der Waals surface area contributed by atoms with E-state index in [1.165, 1.54) is 24.0 Å². The second-order valence-electron chi connectivity index (χ2n) is 4.77. The van der Waals surface area contributed by atoms with Crippen molar-refractivity contribution in [1.29, 1.82) is 5.26 Å². The van der Waals surface area contributed by atoms with Gasteiger partial charge >= 0.3 is 0 Å². The minimum absolute atomic E-state index is 0.175. The standard InChI is InChI=1S/C14H16N2O/c15-9-10-3-4-12-11(8-10)5-7-17-14(12)13-2-1-6-16-13/h3-4,8,13-14,16H,1-2,5-7H2/t13?,14-/m1/s1. The number of benzene rings is 1. The molecule has 2 aliphatic heterocycles. The Morgan fingerprint density at radius 2 is 2.35 bits per heavy atom. The summed E-state index contributed by atoms with van der Waals surface area (Å²) in [5, 5.41) is 12.4. The highest BCUT2D eigenvalue weighted by molar-refractivity contribution is 5.40. The van der Waals surface area contributed by atoms with Crippen LogP contribution in [0, 0.1) is 11.3 Å². The first-order valence-corrected chi connectivity index (χ1v) is 6.26. The van der Waals surface area contributed by atoms with Crippen LogP contribution in [0.2, 0.25) is 0 Å². The number of ether oxygens (including phenoxy) is 1. The average Bonchev–Trinajstić information content (AvgIpc) is 2.91. The van der Waals surface area contributed by atoms with E-state index < -0.39 is 0 Å². The van der Waals surface area contributed by atoms with Gasteiger partial charge in [-0.25, -0.2) is 0 Å². The van der Waals surface area contributed by atoms with Gasteiger partial charge in [0.15, 0.2) is 0 Å². The van der Waals surface area contributed by atoms with Crippen LogP contribution in [0.4, 0.5) is 0 Å². The Balaban J connectivity index is 1.94. The lowest BCUT2D eigenvalue weighted by Crippen LogP contribution is -2.33. The zero-order valence-electron chi connectivity index (χ0n) is 9.78. The summed E-state index contributed by atoms with van der Waals surface area (Å²) >= 11 is 0. The molecule has 0 bridgehead atoms. The van der Waals surface area contributed by atoms with Crippen LogP contribution in [-0.4, -0.2) is 19.2 Å². The van der Waals surface area contributed by atoms with Crippen molar-refractivity contribution >= 4 is 0 Å². The summed E-state index contributed by atoms with van der Waals surface area (Å²) in [5.74, 6) is 0. The Labute approximate surface area is 101 Å². The Bertz CT molecular complexity index is 458. The molecule has 2 heterocycles. The van der Waals surface area contributed by atoms with Gasteiger partial charge in [-0.05, 0) is 49.1 Å². The molecule has 0 saturated carbocycles. The van der Waals surface area contributed by atoms with Crippen LogP contribution in [0.5, 0.6) is 0 Å². The molecule has 0 amide bonds. The van der Waals surface area contributed by atoms with Crippen molar-refractivity contribution in [2.45, 2.75) is 31.4 Å². The first-order valence-electron chi connectivity index (χ1n) is 6.26. The minimum atomic E-state index is 0.175. The lowest BCUT2D eigenvalue weighted by Gasteiger charge is -2.30. The molecule has 88 valence electrons. The van der Waals surface area contributed by atoms with Gasteiger partial charge in [0.2, 0.25) is 0 Å². The molecule has 2 atom stereocenters. The zero-order chi connectivity index (χ0) is 11.7. The topological polar surface area (TPSA) is 45.0 Å². The lowest BCUT2D eigenvalue weighted by atomic mass is 9.91. The van der Waals surface area contributed by atoms with Crippen molar-refractivity contribution in [2.24, 2.45) is 0 Å². The van der Waals surface area contributed by atoms with Crippen LogP contribution in [0.1, 0.15) is 35.6 Å². The van der Waals surface area contributed by atoms with Crippen molar-refractivity contribution in [3.05, 3.63) is 34.9 Å². The highest BCUT2D eigenvalue weighted by Crippen LogP contribution is 2.33. The van der Waals surface area contributed by atoms with E-state index in [-0.39, 0.29) is 6.10 Å². The van der Waals surface area contributed by atoms with Crippen LogP contribution in [0.3, 0.4) is 0 Å². The largest absolute Gasteiger partial charge is 0.372 e. The first kappa shape index (κ1) is 10.8. The maximum atomic E-state index is 8.92. The third-order valence-electron chi connectivity index (χ3n) is 3.71. The quantitative estimate of drug-likeness (QED) is 0.798. The first-order chi connectivity index (χ1) is 8.38. The normalized spacial score (nSPS) is 27.5. The van der Waals surface area contributed by atoms with E-state index in [1.807, 2.05) is 12.1 Å². The molecule has 17 heavy (non-hydrogen) atoms. The summed E-state index contributed by atoms with van der Waals surface area (Å²) in [6.07, 6.45) is 3.52. The number of hydrogen-bond acceptors (Lipinski definition) is 3. The van der Waals surface area contributed by atoms with E-state index in [0.29, 0.717) is 6.04 Å². The van der Waals surface area contributed by atoms with E-state index in [2.05, 4.69) is 17.5 Å². The highest BCUT2D eigenvalue weighted by Gasteiger charge is 2.30. The molecule has 3 rings (SSSR count). The van der Waals surface area contributed by atoms with E-state index in [1.54, 1.807) is 0 Å². The molecule has 1 aromatic rings. The fraction of sp³-hybridized carbons (Fsp3) is 0.500. The molecule has 0 aromatic heterocycles. The van der Waals surface area contributed by atoms with Gasteiger partial charge < -0.3 is 10.1 Å². The Morgan fingerprint density at radius 3 is 3.12 bits per heavy atom. The molecule has 1 fully saturated rings. The van der Waals surface area contributed by atoms with Crippen LogP contribution < -0.4 is 5.32 Å². The van der Waals surface area contributed by atoms with Crippen LogP contribution in [0.25, 0.3) is 0 Å². The number of hydrogen-bond donors (Lipinski definition) is 1. The van der Waals surface area contributed by atoms with Crippen molar-refractivity contribution in [3.8, 4) is 6.07 Å². The zero-order valence-corrected chi connectivity index (χ0v) is 9.78. The summed E-state index contributed by atoms with van der Waals surface area (Å²) in [7, 11) is 0. The Kier molecular flexibility index (Phi) is 2.84. The van der Waals surface area contributed by atoms with Crippen LogP contribution in [0.15, 0.2) is 18.2 Å². The van der Waals surface area contributed by atoms with Gasteiger partial charge in [0.25, 0.3) is 0 Å². The van der Waals surface area contributed by atoms with Gasteiger partial charge in [0.05, 0.1) is 24.3 Å². The number of nitriles is 1. The molecule has 1 aromatic carbocycles. The summed E-state index contributed by atoms with van der Waals surface area (Å²) in [6, 6.07) is 8.63. The highest BCUT2D eigenvalue weighted by atomic mass is 16.5. The summed E-state index contributed by atoms with van der Waals surface area (Å²) in [4.78, 5) is 0. The summed E-state index contributed by atoms with van der Waals surface area (Å²) in [6.45, 7) is 1.86. The smallest absolute Gasteiger partial charge is 0.0991 e. The molecule has 2 aliphatic rings. The maximum Gasteiger partial charge on any atom is 0.0991 e. The number of fused-ring (bicyclic) bond motifs is 1. The monoisotopic (exact) mass is 228 g/mol. The molecule has 3 heteroatoms. The molecule has 1 unspecified atom stereocenters. The molecule has 3 nitrogen and oxygen atoms in total. The number of nitrogens with one attached hydrogen (secondary N) is 1. The minimum Gasteiger partial charge on any atom is -0.372 e. The SMILES string of the molecule is N#Cc1ccc2c(c1)CCO[C@H]2C1CCCN1. The van der Waals surface area contributed by atoms with E-state index in [4.69, 9.17) is 10.00 Å². The Hall–Kier alpha value is -1.37. The predicted molar refractivity (Wildman–Crippen MR) is 64.6 cm³/mol. The van der Waals surface area contributed by atoms with Crippen molar-refractivity contribution < 1.29 is 4.74 Å². The van der Waals surface area contributed by atoms with Crippen molar-refractivity contribution in [3.63, 3.8) is 0 Å². The van der Waals surface area contributed by atoms with E-state index >= 15 is 0 Å². The maximum absolute atomic E-state index is 8.92. The van der Waals surface area contributed by atoms with Gasteiger partial charge in [-0.15, -0.1) is 0 Å². The lowest BCUT2D eigenvalue weighted by molar-refractivity contribution is 0.0199. The third-order valence-corrected chi connectivity index (χ3v) is 3.71.